The summed E-state index contributed by atoms with van der Waals surface area (Å²) in [6.07, 6.45) is 0.413. The van der Waals surface area contributed by atoms with Gasteiger partial charge >= 0.3 is 6.03 Å². The van der Waals surface area contributed by atoms with E-state index in [0.29, 0.717) is 12.4 Å². The van der Waals surface area contributed by atoms with Crippen molar-refractivity contribution in [2.75, 3.05) is 7.05 Å². The molecule has 0 radical (unpaired) electrons. The Labute approximate surface area is 97.0 Å². The topological polar surface area (TPSA) is 58.2 Å². The number of carbonyl (C=O) groups excluding carboxylic acids is 2. The summed E-state index contributed by atoms with van der Waals surface area (Å²) in [6, 6.07) is 2.05. The number of hydrogen-bond donors (Lipinski definition) is 2. The monoisotopic (exact) mass is 242 g/mol. The number of halogens is 2. The van der Waals surface area contributed by atoms with Crippen molar-refractivity contribution in [2.45, 2.75) is 12.5 Å². The molecule has 2 N–H and O–H groups in total. The van der Waals surface area contributed by atoms with Crippen molar-refractivity contribution in [3.8, 4) is 0 Å². The van der Waals surface area contributed by atoms with Crippen LogP contribution in [0.25, 0.3) is 0 Å². The minimum atomic E-state index is -1.48. The predicted octanol–water partition coefficient (Wildman–Crippen LogP) is 1.31. The highest BCUT2D eigenvalue weighted by Crippen LogP contribution is 2.20. The second kappa shape index (κ2) is 4.90. The number of aldehydes is 1. The van der Waals surface area contributed by atoms with E-state index in [4.69, 9.17) is 0 Å². The molecule has 2 amide bonds. The largest absolute Gasteiger partial charge is 0.341 e. The van der Waals surface area contributed by atoms with E-state index in [1.165, 1.54) is 14.0 Å². The first-order valence-electron chi connectivity index (χ1n) is 4.84. The van der Waals surface area contributed by atoms with Crippen LogP contribution in [0.1, 0.15) is 12.5 Å². The number of urea groups is 1. The minimum Gasteiger partial charge on any atom is -0.341 e. The molecular formula is C11H12F2N2O2. The molecule has 17 heavy (non-hydrogen) atoms. The van der Waals surface area contributed by atoms with Gasteiger partial charge in [0.15, 0.2) is 0 Å². The molecule has 0 fully saturated rings. The lowest BCUT2D eigenvalue weighted by Crippen LogP contribution is -2.48. The van der Waals surface area contributed by atoms with Crippen LogP contribution in [0.2, 0.25) is 0 Å². The van der Waals surface area contributed by atoms with Gasteiger partial charge in [-0.05, 0) is 24.6 Å². The van der Waals surface area contributed by atoms with Crippen molar-refractivity contribution >= 4 is 12.3 Å². The van der Waals surface area contributed by atoms with Crippen LogP contribution in [0.5, 0.6) is 0 Å². The van der Waals surface area contributed by atoms with Crippen molar-refractivity contribution in [1.29, 1.82) is 0 Å². The van der Waals surface area contributed by atoms with E-state index in [2.05, 4.69) is 10.6 Å². The molecule has 1 aromatic rings. The lowest BCUT2D eigenvalue weighted by Gasteiger charge is -2.25. The number of nitrogens with one attached hydrogen (secondary N) is 2. The van der Waals surface area contributed by atoms with Gasteiger partial charge in [0, 0.05) is 13.1 Å². The van der Waals surface area contributed by atoms with Gasteiger partial charge < -0.3 is 15.4 Å². The van der Waals surface area contributed by atoms with E-state index in [0.717, 1.165) is 12.1 Å². The van der Waals surface area contributed by atoms with E-state index in [9.17, 15) is 18.4 Å². The van der Waals surface area contributed by atoms with E-state index in [-0.39, 0.29) is 5.56 Å². The number of carbonyl (C=O) groups is 2. The molecular weight excluding hydrogens is 230 g/mol. The second-order valence-corrected chi connectivity index (χ2v) is 3.68. The Bertz CT molecular complexity index is 431. The number of benzene rings is 1. The van der Waals surface area contributed by atoms with Crippen molar-refractivity contribution in [1.82, 2.24) is 10.6 Å². The summed E-state index contributed by atoms with van der Waals surface area (Å²) < 4.78 is 26.1. The minimum absolute atomic E-state index is 0.0357. The molecule has 0 aliphatic carbocycles. The summed E-state index contributed by atoms with van der Waals surface area (Å²) in [7, 11) is 1.37. The summed E-state index contributed by atoms with van der Waals surface area (Å²) in [5.41, 5.74) is -1.45. The van der Waals surface area contributed by atoms with Gasteiger partial charge in [-0.15, -0.1) is 0 Å². The van der Waals surface area contributed by atoms with E-state index < -0.39 is 23.2 Å². The Hall–Kier alpha value is -1.98. The van der Waals surface area contributed by atoms with Crippen LogP contribution in [0.4, 0.5) is 13.6 Å². The van der Waals surface area contributed by atoms with E-state index in [1.54, 1.807) is 0 Å². The molecule has 0 saturated heterocycles. The van der Waals surface area contributed by atoms with Crippen molar-refractivity contribution in [3.05, 3.63) is 35.4 Å². The Kier molecular flexibility index (Phi) is 3.77. The second-order valence-electron chi connectivity index (χ2n) is 3.68. The van der Waals surface area contributed by atoms with Gasteiger partial charge in [-0.3, -0.25) is 0 Å². The maximum absolute atomic E-state index is 13.0. The molecule has 0 aliphatic heterocycles. The number of amides is 2. The highest BCUT2D eigenvalue weighted by molar-refractivity contribution is 5.80. The molecule has 0 aromatic heterocycles. The Balaban J connectivity index is 3.15. The molecule has 0 bridgehead atoms. The van der Waals surface area contributed by atoms with Crippen LogP contribution < -0.4 is 10.6 Å². The van der Waals surface area contributed by atoms with E-state index in [1.807, 2.05) is 0 Å². The maximum atomic E-state index is 13.0. The molecule has 1 atom stereocenters. The zero-order chi connectivity index (χ0) is 13.1. The van der Waals surface area contributed by atoms with Gasteiger partial charge in [0.25, 0.3) is 0 Å². The maximum Gasteiger partial charge on any atom is 0.315 e. The van der Waals surface area contributed by atoms with Crippen molar-refractivity contribution in [2.24, 2.45) is 0 Å². The molecule has 1 rings (SSSR count). The van der Waals surface area contributed by atoms with Crippen LogP contribution in [0.15, 0.2) is 18.2 Å². The number of rotatable bonds is 3. The average Bonchev–Trinajstić information content (AvgIpc) is 2.27. The van der Waals surface area contributed by atoms with E-state index >= 15 is 0 Å². The average molecular weight is 242 g/mol. The van der Waals surface area contributed by atoms with Gasteiger partial charge in [-0.25, -0.2) is 13.6 Å². The Morgan fingerprint density at radius 2 is 1.82 bits per heavy atom. The SMILES string of the molecule is CNC(=O)NC(C)(C=O)c1cc(F)cc(F)c1. The zero-order valence-corrected chi connectivity index (χ0v) is 9.38. The standard InChI is InChI=1S/C11H12F2N2O2/c1-11(6-16,15-10(17)14-2)7-3-8(12)5-9(13)4-7/h3-6H,1-2H3,(H2,14,15,17). The fourth-order valence-electron chi connectivity index (χ4n) is 1.32. The highest BCUT2D eigenvalue weighted by atomic mass is 19.1. The zero-order valence-electron chi connectivity index (χ0n) is 9.38. The van der Waals surface area contributed by atoms with Gasteiger partial charge in [0.2, 0.25) is 0 Å². The molecule has 1 aromatic carbocycles. The van der Waals surface area contributed by atoms with Gasteiger partial charge in [0.05, 0.1) is 0 Å². The van der Waals surface area contributed by atoms with Gasteiger partial charge in [-0.2, -0.15) is 0 Å². The van der Waals surface area contributed by atoms with Crippen LogP contribution in [0.3, 0.4) is 0 Å². The normalized spacial score (nSPS) is 13.6. The predicted molar refractivity (Wildman–Crippen MR) is 57.4 cm³/mol. The molecule has 1 unspecified atom stereocenters. The third-order valence-corrected chi connectivity index (χ3v) is 2.30. The lowest BCUT2D eigenvalue weighted by molar-refractivity contribution is -0.112. The first kappa shape index (κ1) is 13.1. The molecule has 0 aliphatic rings. The van der Waals surface area contributed by atoms with Crippen LogP contribution in [-0.4, -0.2) is 19.4 Å². The molecule has 4 nitrogen and oxygen atoms in total. The van der Waals surface area contributed by atoms with Crippen LogP contribution in [-0.2, 0) is 10.3 Å². The lowest BCUT2D eigenvalue weighted by atomic mass is 9.93. The molecule has 0 heterocycles. The third kappa shape index (κ3) is 2.99. The molecule has 0 spiro atoms. The van der Waals surface area contributed by atoms with Crippen LogP contribution >= 0.6 is 0 Å². The summed E-state index contributed by atoms with van der Waals surface area (Å²) in [4.78, 5) is 22.2. The summed E-state index contributed by atoms with van der Waals surface area (Å²) in [5.74, 6) is -1.63. The molecule has 92 valence electrons. The fraction of sp³-hybridized carbons (Fsp3) is 0.273. The first-order chi connectivity index (χ1) is 7.91. The number of hydrogen-bond acceptors (Lipinski definition) is 2. The summed E-state index contributed by atoms with van der Waals surface area (Å²) in [5, 5.41) is 4.57. The Morgan fingerprint density at radius 3 is 2.24 bits per heavy atom. The van der Waals surface area contributed by atoms with Crippen molar-refractivity contribution < 1.29 is 18.4 Å². The molecule has 0 saturated carbocycles. The fourth-order valence-corrected chi connectivity index (χ4v) is 1.32. The van der Waals surface area contributed by atoms with Crippen molar-refractivity contribution in [3.63, 3.8) is 0 Å². The first-order valence-corrected chi connectivity index (χ1v) is 4.84. The molecule has 6 heteroatoms. The summed E-state index contributed by atoms with van der Waals surface area (Å²) in [6.45, 7) is 1.35. The quantitative estimate of drug-likeness (QED) is 0.785. The smallest absolute Gasteiger partial charge is 0.315 e. The Morgan fingerprint density at radius 1 is 1.29 bits per heavy atom. The summed E-state index contributed by atoms with van der Waals surface area (Å²) >= 11 is 0. The van der Waals surface area contributed by atoms with Crippen LogP contribution in [0, 0.1) is 11.6 Å². The highest BCUT2D eigenvalue weighted by Gasteiger charge is 2.28. The van der Waals surface area contributed by atoms with Gasteiger partial charge in [-0.1, -0.05) is 0 Å². The van der Waals surface area contributed by atoms with Gasteiger partial charge in [0.1, 0.15) is 23.5 Å². The third-order valence-electron chi connectivity index (χ3n) is 2.30.